The molecule has 1 N–H and O–H groups in total. The van der Waals surface area contributed by atoms with Crippen LogP contribution in [0.4, 0.5) is 0 Å². The first-order valence-corrected chi connectivity index (χ1v) is 7.36. The van der Waals surface area contributed by atoms with Crippen LogP contribution in [0, 0.1) is 11.3 Å². The molecule has 0 bridgehead atoms. The number of carbonyl (C=O) groups is 1. The topological polar surface area (TPSA) is 40.5 Å². The number of nitrogens with zero attached hydrogens (tertiary/aromatic N) is 1. The standard InChI is InChI=1S/C15H29NO2/c1-5-9-15(4,14(17)18)11-16(13-6-7-13)10-8-12(2)3/h12-13H,5-11H2,1-4H3,(H,17,18). The highest BCUT2D eigenvalue weighted by Crippen LogP contribution is 2.33. The summed E-state index contributed by atoms with van der Waals surface area (Å²) in [5, 5.41) is 9.47. The fourth-order valence-corrected chi connectivity index (χ4v) is 2.51. The van der Waals surface area contributed by atoms with E-state index in [0.717, 1.165) is 19.4 Å². The molecule has 3 nitrogen and oxygen atoms in total. The Balaban J connectivity index is 2.59. The number of hydrogen-bond acceptors (Lipinski definition) is 2. The van der Waals surface area contributed by atoms with Gasteiger partial charge >= 0.3 is 5.97 Å². The Hall–Kier alpha value is -0.570. The van der Waals surface area contributed by atoms with Crippen LogP contribution in [0.2, 0.25) is 0 Å². The van der Waals surface area contributed by atoms with Crippen LogP contribution in [-0.4, -0.2) is 35.1 Å². The molecule has 1 saturated carbocycles. The van der Waals surface area contributed by atoms with E-state index in [4.69, 9.17) is 0 Å². The normalized spacial score (nSPS) is 19.2. The van der Waals surface area contributed by atoms with Crippen molar-refractivity contribution in [1.29, 1.82) is 0 Å². The second-order valence-electron chi connectivity index (χ2n) is 6.50. The average molecular weight is 255 g/mol. The van der Waals surface area contributed by atoms with E-state index in [0.29, 0.717) is 18.5 Å². The third-order valence-corrected chi connectivity index (χ3v) is 3.93. The molecule has 0 heterocycles. The van der Waals surface area contributed by atoms with E-state index >= 15 is 0 Å². The third kappa shape index (κ3) is 4.60. The van der Waals surface area contributed by atoms with Gasteiger partial charge in [0.2, 0.25) is 0 Å². The molecule has 1 aliphatic carbocycles. The van der Waals surface area contributed by atoms with Crippen LogP contribution in [0.5, 0.6) is 0 Å². The largest absolute Gasteiger partial charge is 0.481 e. The Kier molecular flexibility index (Phi) is 5.64. The molecule has 106 valence electrons. The zero-order valence-corrected chi connectivity index (χ0v) is 12.4. The second-order valence-corrected chi connectivity index (χ2v) is 6.50. The van der Waals surface area contributed by atoms with Crippen molar-refractivity contribution < 1.29 is 9.90 Å². The molecule has 1 rings (SSSR count). The number of carboxylic acid groups (broad SMARTS) is 1. The fourth-order valence-electron chi connectivity index (χ4n) is 2.51. The summed E-state index contributed by atoms with van der Waals surface area (Å²) in [6.45, 7) is 10.2. The minimum atomic E-state index is -0.639. The molecular weight excluding hydrogens is 226 g/mol. The summed E-state index contributed by atoms with van der Waals surface area (Å²) in [5.74, 6) is 0.0491. The Labute approximate surface area is 112 Å². The van der Waals surface area contributed by atoms with Crippen molar-refractivity contribution in [2.45, 2.75) is 65.8 Å². The van der Waals surface area contributed by atoms with Crippen LogP contribution in [0.3, 0.4) is 0 Å². The van der Waals surface area contributed by atoms with Gasteiger partial charge in [-0.2, -0.15) is 0 Å². The molecule has 0 aromatic heterocycles. The van der Waals surface area contributed by atoms with Crippen LogP contribution in [0.1, 0.15) is 59.8 Å². The molecule has 0 saturated heterocycles. The molecule has 0 aromatic rings. The predicted molar refractivity (Wildman–Crippen MR) is 74.7 cm³/mol. The summed E-state index contributed by atoms with van der Waals surface area (Å²) >= 11 is 0. The molecule has 0 aliphatic heterocycles. The van der Waals surface area contributed by atoms with Gasteiger partial charge in [-0.05, 0) is 45.1 Å². The van der Waals surface area contributed by atoms with Crippen molar-refractivity contribution >= 4 is 5.97 Å². The van der Waals surface area contributed by atoms with Gasteiger partial charge in [0, 0.05) is 12.6 Å². The number of rotatable bonds is 9. The van der Waals surface area contributed by atoms with E-state index in [2.05, 4.69) is 25.7 Å². The first-order chi connectivity index (χ1) is 8.39. The van der Waals surface area contributed by atoms with Gasteiger partial charge in [-0.25, -0.2) is 0 Å². The molecule has 0 spiro atoms. The highest BCUT2D eigenvalue weighted by atomic mass is 16.4. The van der Waals surface area contributed by atoms with Crippen molar-refractivity contribution in [2.75, 3.05) is 13.1 Å². The fraction of sp³-hybridized carbons (Fsp3) is 0.933. The molecule has 1 aliphatic rings. The van der Waals surface area contributed by atoms with Crippen molar-refractivity contribution in [3.63, 3.8) is 0 Å². The van der Waals surface area contributed by atoms with E-state index in [9.17, 15) is 9.90 Å². The van der Waals surface area contributed by atoms with Gasteiger partial charge in [-0.3, -0.25) is 9.69 Å². The monoisotopic (exact) mass is 255 g/mol. The van der Waals surface area contributed by atoms with E-state index < -0.39 is 11.4 Å². The first kappa shape index (κ1) is 15.5. The molecule has 18 heavy (non-hydrogen) atoms. The minimum absolute atomic E-state index is 0.575. The molecular formula is C15H29NO2. The maximum Gasteiger partial charge on any atom is 0.310 e. The summed E-state index contributed by atoms with van der Waals surface area (Å²) in [7, 11) is 0. The van der Waals surface area contributed by atoms with Crippen LogP contribution in [0.15, 0.2) is 0 Å². The molecule has 1 fully saturated rings. The Morgan fingerprint density at radius 1 is 1.44 bits per heavy atom. The number of aliphatic carboxylic acids is 1. The summed E-state index contributed by atoms with van der Waals surface area (Å²) in [4.78, 5) is 13.9. The molecule has 0 aromatic carbocycles. The van der Waals surface area contributed by atoms with Crippen molar-refractivity contribution in [2.24, 2.45) is 11.3 Å². The molecule has 0 amide bonds. The zero-order valence-electron chi connectivity index (χ0n) is 12.4. The second kappa shape index (κ2) is 6.55. The first-order valence-electron chi connectivity index (χ1n) is 7.36. The van der Waals surface area contributed by atoms with Crippen molar-refractivity contribution in [1.82, 2.24) is 4.90 Å². The number of carboxylic acids is 1. The average Bonchev–Trinajstić information content (AvgIpc) is 3.07. The SMILES string of the molecule is CCCC(C)(CN(CCC(C)C)C1CC1)C(=O)O. The van der Waals surface area contributed by atoms with Crippen LogP contribution < -0.4 is 0 Å². The predicted octanol–water partition coefficient (Wildman–Crippen LogP) is 3.39. The quantitative estimate of drug-likeness (QED) is 0.686. The van der Waals surface area contributed by atoms with Crippen molar-refractivity contribution in [3.8, 4) is 0 Å². The summed E-state index contributed by atoms with van der Waals surface area (Å²) in [5.41, 5.74) is -0.575. The minimum Gasteiger partial charge on any atom is -0.481 e. The van der Waals surface area contributed by atoms with Gasteiger partial charge in [-0.15, -0.1) is 0 Å². The van der Waals surface area contributed by atoms with E-state index in [-0.39, 0.29) is 0 Å². The van der Waals surface area contributed by atoms with Gasteiger partial charge in [0.1, 0.15) is 0 Å². The van der Waals surface area contributed by atoms with E-state index in [1.54, 1.807) is 0 Å². The Morgan fingerprint density at radius 2 is 2.06 bits per heavy atom. The molecule has 1 unspecified atom stereocenters. The zero-order chi connectivity index (χ0) is 13.8. The van der Waals surface area contributed by atoms with Gasteiger partial charge in [-0.1, -0.05) is 27.2 Å². The lowest BCUT2D eigenvalue weighted by molar-refractivity contribution is -0.149. The lowest BCUT2D eigenvalue weighted by Crippen LogP contribution is -2.42. The lowest BCUT2D eigenvalue weighted by atomic mass is 9.85. The maximum atomic E-state index is 11.5. The smallest absolute Gasteiger partial charge is 0.310 e. The Morgan fingerprint density at radius 3 is 2.44 bits per heavy atom. The molecule has 3 heteroatoms. The molecule has 1 atom stereocenters. The molecule has 0 radical (unpaired) electrons. The van der Waals surface area contributed by atoms with Crippen LogP contribution in [-0.2, 0) is 4.79 Å². The van der Waals surface area contributed by atoms with Crippen LogP contribution >= 0.6 is 0 Å². The highest BCUT2D eigenvalue weighted by molar-refractivity contribution is 5.74. The van der Waals surface area contributed by atoms with Crippen molar-refractivity contribution in [3.05, 3.63) is 0 Å². The third-order valence-electron chi connectivity index (χ3n) is 3.93. The maximum absolute atomic E-state index is 11.5. The Bertz CT molecular complexity index is 274. The number of hydrogen-bond donors (Lipinski definition) is 1. The highest BCUT2D eigenvalue weighted by Gasteiger charge is 2.38. The summed E-state index contributed by atoms with van der Waals surface area (Å²) in [6, 6.07) is 0.652. The van der Waals surface area contributed by atoms with E-state index in [1.165, 1.54) is 19.3 Å². The summed E-state index contributed by atoms with van der Waals surface area (Å²) in [6.07, 6.45) is 5.37. The summed E-state index contributed by atoms with van der Waals surface area (Å²) < 4.78 is 0. The van der Waals surface area contributed by atoms with Crippen LogP contribution in [0.25, 0.3) is 0 Å². The van der Waals surface area contributed by atoms with Gasteiger partial charge in [0.25, 0.3) is 0 Å². The van der Waals surface area contributed by atoms with E-state index in [1.807, 2.05) is 6.92 Å². The van der Waals surface area contributed by atoms with Gasteiger partial charge in [0.05, 0.1) is 5.41 Å². The van der Waals surface area contributed by atoms with Gasteiger partial charge < -0.3 is 5.11 Å². The van der Waals surface area contributed by atoms with Gasteiger partial charge in [0.15, 0.2) is 0 Å². The lowest BCUT2D eigenvalue weighted by Gasteiger charge is -2.33.